The quantitative estimate of drug-likeness (QED) is 0.852. The molecule has 3 heteroatoms. The Bertz CT molecular complexity index is 567. The van der Waals surface area contributed by atoms with Gasteiger partial charge in [-0.05, 0) is 30.4 Å². The first-order valence-corrected chi connectivity index (χ1v) is 8.47. The Labute approximate surface area is 124 Å². The van der Waals surface area contributed by atoms with Crippen molar-refractivity contribution in [1.82, 2.24) is 5.32 Å². The van der Waals surface area contributed by atoms with E-state index in [4.69, 9.17) is 4.74 Å². The molecule has 2 heterocycles. The van der Waals surface area contributed by atoms with Crippen molar-refractivity contribution < 1.29 is 4.74 Å². The van der Waals surface area contributed by atoms with E-state index in [9.17, 15) is 0 Å². The molecule has 1 N–H and O–H groups in total. The number of ether oxygens (including phenoxy) is 1. The molecule has 106 valence electrons. The molecule has 1 spiro atoms. The molecule has 0 amide bonds. The predicted molar refractivity (Wildman–Crippen MR) is 84.3 cm³/mol. The number of hydrogen-bond donors (Lipinski definition) is 1. The second-order valence-electron chi connectivity index (χ2n) is 6.32. The van der Waals surface area contributed by atoms with Crippen molar-refractivity contribution in [2.45, 2.75) is 31.8 Å². The van der Waals surface area contributed by atoms with Crippen LogP contribution in [-0.4, -0.2) is 19.7 Å². The van der Waals surface area contributed by atoms with Gasteiger partial charge in [-0.3, -0.25) is 0 Å². The fourth-order valence-corrected chi connectivity index (χ4v) is 4.76. The largest absolute Gasteiger partial charge is 0.371 e. The molecule has 1 aliphatic carbocycles. The van der Waals surface area contributed by atoms with E-state index in [-0.39, 0.29) is 6.10 Å². The second kappa shape index (κ2) is 5.14. The lowest BCUT2D eigenvalue weighted by Gasteiger charge is -2.26. The third-order valence-electron chi connectivity index (χ3n) is 4.85. The second-order valence-corrected chi connectivity index (χ2v) is 7.44. The minimum absolute atomic E-state index is 0.229. The van der Waals surface area contributed by atoms with E-state index in [0.717, 1.165) is 19.7 Å². The Hall–Kier alpha value is -0.900. The van der Waals surface area contributed by atoms with E-state index >= 15 is 0 Å². The summed E-state index contributed by atoms with van der Waals surface area (Å²) in [5.74, 6) is 0. The van der Waals surface area contributed by atoms with Gasteiger partial charge in [-0.15, -0.1) is 11.3 Å². The summed E-state index contributed by atoms with van der Waals surface area (Å²) >= 11 is 1.88. The molecule has 1 aromatic carbocycles. The summed E-state index contributed by atoms with van der Waals surface area (Å²) in [4.78, 5) is 1.37. The number of rotatable bonds is 1. The van der Waals surface area contributed by atoms with Gasteiger partial charge in [0, 0.05) is 28.1 Å². The third-order valence-corrected chi connectivity index (χ3v) is 6.05. The molecule has 1 saturated carbocycles. The Morgan fingerprint density at radius 3 is 2.90 bits per heavy atom. The molecule has 1 atom stereocenters. The molecular weight excluding hydrogens is 266 g/mol. The van der Waals surface area contributed by atoms with Gasteiger partial charge < -0.3 is 10.1 Å². The van der Waals surface area contributed by atoms with Gasteiger partial charge >= 0.3 is 0 Å². The van der Waals surface area contributed by atoms with Crippen LogP contribution in [0.4, 0.5) is 0 Å². The lowest BCUT2D eigenvalue weighted by molar-refractivity contribution is 0.0176. The van der Waals surface area contributed by atoms with Crippen LogP contribution in [0.1, 0.15) is 36.7 Å². The Kier molecular flexibility index (Phi) is 3.29. The fraction of sp³-hybridized carbons (Fsp3) is 0.529. The molecule has 1 saturated heterocycles. The normalized spacial score (nSPS) is 26.1. The minimum Gasteiger partial charge on any atom is -0.371 e. The SMILES string of the molecule is c1ccc2sc(C3CNCC4(CCCC4)CO3)cc2c1. The predicted octanol–water partition coefficient (Wildman–Crippen LogP) is 4.12. The lowest BCUT2D eigenvalue weighted by Crippen LogP contribution is -2.32. The highest BCUT2D eigenvalue weighted by atomic mass is 32.1. The molecule has 4 rings (SSSR count). The average molecular weight is 287 g/mol. The standard InChI is InChI=1S/C17H21NOS/c1-2-6-15-13(5-1)9-16(20-15)14-10-18-11-17(12-19-14)7-3-4-8-17/h1-2,5-6,9,14,18H,3-4,7-8,10-12H2. The molecule has 2 nitrogen and oxygen atoms in total. The maximum absolute atomic E-state index is 6.30. The topological polar surface area (TPSA) is 21.3 Å². The minimum atomic E-state index is 0.229. The monoisotopic (exact) mass is 287 g/mol. The van der Waals surface area contributed by atoms with Crippen molar-refractivity contribution in [3.63, 3.8) is 0 Å². The van der Waals surface area contributed by atoms with Crippen molar-refractivity contribution in [3.05, 3.63) is 35.2 Å². The van der Waals surface area contributed by atoms with Crippen LogP contribution in [0, 0.1) is 5.41 Å². The van der Waals surface area contributed by atoms with Crippen molar-refractivity contribution in [1.29, 1.82) is 0 Å². The number of fused-ring (bicyclic) bond motifs is 1. The highest BCUT2D eigenvalue weighted by Gasteiger charge is 2.37. The first kappa shape index (κ1) is 12.8. The highest BCUT2D eigenvalue weighted by Crippen LogP contribution is 2.41. The Morgan fingerprint density at radius 1 is 1.20 bits per heavy atom. The molecule has 2 aromatic rings. The van der Waals surface area contributed by atoms with Gasteiger partial charge in [0.25, 0.3) is 0 Å². The van der Waals surface area contributed by atoms with Crippen LogP contribution in [0.2, 0.25) is 0 Å². The molecule has 0 bridgehead atoms. The summed E-state index contributed by atoms with van der Waals surface area (Å²) in [6.07, 6.45) is 5.64. The van der Waals surface area contributed by atoms with Gasteiger partial charge in [-0.2, -0.15) is 0 Å². The van der Waals surface area contributed by atoms with E-state index < -0.39 is 0 Å². The number of hydrogen-bond acceptors (Lipinski definition) is 3. The van der Waals surface area contributed by atoms with Crippen LogP contribution in [0.3, 0.4) is 0 Å². The van der Waals surface area contributed by atoms with Crippen molar-refractivity contribution in [3.8, 4) is 0 Å². The molecular formula is C17H21NOS. The van der Waals surface area contributed by atoms with Gasteiger partial charge in [0.1, 0.15) is 6.10 Å². The fourth-order valence-electron chi connectivity index (χ4n) is 3.65. The van der Waals surface area contributed by atoms with Gasteiger partial charge in [0.2, 0.25) is 0 Å². The van der Waals surface area contributed by atoms with Crippen LogP contribution in [0.15, 0.2) is 30.3 Å². The van der Waals surface area contributed by atoms with Crippen molar-refractivity contribution in [2.24, 2.45) is 5.41 Å². The Balaban J connectivity index is 1.56. The maximum Gasteiger partial charge on any atom is 0.104 e. The molecule has 1 aliphatic heterocycles. The maximum atomic E-state index is 6.30. The molecule has 2 aliphatic rings. The molecule has 0 radical (unpaired) electrons. The average Bonchev–Trinajstić information content (AvgIpc) is 3.03. The van der Waals surface area contributed by atoms with Gasteiger partial charge in [-0.1, -0.05) is 31.0 Å². The number of benzene rings is 1. The van der Waals surface area contributed by atoms with Crippen LogP contribution >= 0.6 is 11.3 Å². The summed E-state index contributed by atoms with van der Waals surface area (Å²) in [5.41, 5.74) is 0.422. The summed E-state index contributed by atoms with van der Waals surface area (Å²) in [7, 11) is 0. The molecule has 1 aromatic heterocycles. The number of nitrogens with one attached hydrogen (secondary N) is 1. The van der Waals surface area contributed by atoms with Gasteiger partial charge in [0.15, 0.2) is 0 Å². The van der Waals surface area contributed by atoms with Gasteiger partial charge in [0.05, 0.1) is 6.61 Å². The molecule has 2 fully saturated rings. The van der Waals surface area contributed by atoms with E-state index in [1.165, 1.54) is 40.6 Å². The van der Waals surface area contributed by atoms with Crippen LogP contribution in [0.25, 0.3) is 10.1 Å². The highest BCUT2D eigenvalue weighted by molar-refractivity contribution is 7.19. The third kappa shape index (κ3) is 2.28. The summed E-state index contributed by atoms with van der Waals surface area (Å²) < 4.78 is 7.67. The number of thiophene rings is 1. The van der Waals surface area contributed by atoms with E-state index in [0.29, 0.717) is 5.41 Å². The zero-order chi connectivity index (χ0) is 13.4. The first-order valence-electron chi connectivity index (χ1n) is 7.66. The zero-order valence-electron chi connectivity index (χ0n) is 11.7. The summed E-state index contributed by atoms with van der Waals surface area (Å²) in [5, 5.41) is 5.00. The molecule has 20 heavy (non-hydrogen) atoms. The van der Waals surface area contributed by atoms with E-state index in [1.54, 1.807) is 0 Å². The van der Waals surface area contributed by atoms with Gasteiger partial charge in [-0.25, -0.2) is 0 Å². The lowest BCUT2D eigenvalue weighted by atomic mass is 9.87. The molecule has 1 unspecified atom stereocenters. The first-order chi connectivity index (χ1) is 9.85. The summed E-state index contributed by atoms with van der Waals surface area (Å²) in [6, 6.07) is 10.9. The Morgan fingerprint density at radius 2 is 2.05 bits per heavy atom. The van der Waals surface area contributed by atoms with E-state index in [2.05, 4.69) is 35.6 Å². The van der Waals surface area contributed by atoms with Crippen molar-refractivity contribution in [2.75, 3.05) is 19.7 Å². The van der Waals surface area contributed by atoms with Crippen molar-refractivity contribution >= 4 is 21.4 Å². The van der Waals surface area contributed by atoms with Crippen LogP contribution < -0.4 is 5.32 Å². The smallest absolute Gasteiger partial charge is 0.104 e. The van der Waals surface area contributed by atoms with E-state index in [1.807, 2.05) is 11.3 Å². The van der Waals surface area contributed by atoms with Crippen LogP contribution in [0.5, 0.6) is 0 Å². The zero-order valence-corrected chi connectivity index (χ0v) is 12.5. The summed E-state index contributed by atoms with van der Waals surface area (Å²) in [6.45, 7) is 3.02. The van der Waals surface area contributed by atoms with Crippen LogP contribution in [-0.2, 0) is 4.74 Å².